The summed E-state index contributed by atoms with van der Waals surface area (Å²) < 4.78 is 27.8. The Morgan fingerprint density at radius 3 is 2.47 bits per heavy atom. The highest BCUT2D eigenvalue weighted by Gasteiger charge is 2.34. The van der Waals surface area contributed by atoms with E-state index in [1.165, 1.54) is 17.8 Å². The molecule has 1 atom stereocenters. The lowest BCUT2D eigenvalue weighted by molar-refractivity contribution is -0.113. The average molecular weight is 622 g/mol. The first-order valence-corrected chi connectivity index (χ1v) is 15.6. The molecule has 1 unspecified atom stereocenters. The van der Waals surface area contributed by atoms with Crippen LogP contribution in [0.4, 0.5) is 16.0 Å². The van der Waals surface area contributed by atoms with Crippen LogP contribution < -0.4 is 20.1 Å². The first kappa shape index (κ1) is 30.0. The molecule has 1 aliphatic rings. The number of hydrogen-bond donors (Lipinski definition) is 2. The Bertz CT molecular complexity index is 1830. The van der Waals surface area contributed by atoms with E-state index < -0.39 is 6.04 Å². The molecule has 0 saturated heterocycles. The van der Waals surface area contributed by atoms with Crippen LogP contribution in [0.25, 0.3) is 0 Å². The molecule has 0 radical (unpaired) electrons. The van der Waals surface area contributed by atoms with Crippen molar-refractivity contribution in [3.05, 3.63) is 137 Å². The Morgan fingerprint density at radius 2 is 1.69 bits per heavy atom. The second-order valence-corrected chi connectivity index (χ2v) is 11.3. The Hall–Kier alpha value is -5.09. The molecule has 5 aromatic rings. The fraction of sp³-hybridized carbons (Fsp3) is 0.171. The van der Waals surface area contributed by atoms with Gasteiger partial charge < -0.3 is 20.1 Å². The van der Waals surface area contributed by atoms with E-state index in [9.17, 15) is 9.18 Å². The van der Waals surface area contributed by atoms with Crippen molar-refractivity contribution < 1.29 is 18.7 Å². The molecule has 1 aromatic heterocycles. The smallest absolute Gasteiger partial charge is 0.255 e. The topological polar surface area (TPSA) is 90.3 Å². The third-order valence-electron chi connectivity index (χ3n) is 7.27. The number of hydrogen-bond acceptors (Lipinski definition) is 7. The molecule has 8 nitrogen and oxygen atoms in total. The molecule has 0 spiro atoms. The van der Waals surface area contributed by atoms with E-state index in [-0.39, 0.29) is 11.7 Å². The van der Waals surface area contributed by atoms with Crippen molar-refractivity contribution in [1.29, 1.82) is 0 Å². The van der Waals surface area contributed by atoms with Gasteiger partial charge >= 0.3 is 0 Å². The molecular weight excluding hydrogens is 589 g/mol. The van der Waals surface area contributed by atoms with Gasteiger partial charge in [0.2, 0.25) is 11.1 Å². The molecular formula is C35H32FN5O3S. The average Bonchev–Trinajstić information content (AvgIpc) is 3.47. The second kappa shape index (κ2) is 13.7. The van der Waals surface area contributed by atoms with E-state index >= 15 is 0 Å². The molecule has 1 aliphatic heterocycles. The first-order chi connectivity index (χ1) is 22.0. The van der Waals surface area contributed by atoms with Gasteiger partial charge in [-0.25, -0.2) is 9.07 Å². The van der Waals surface area contributed by atoms with Crippen LogP contribution in [-0.4, -0.2) is 27.3 Å². The summed E-state index contributed by atoms with van der Waals surface area (Å²) in [6, 6.07) is 31.0. The van der Waals surface area contributed by atoms with Gasteiger partial charge in [0, 0.05) is 11.4 Å². The van der Waals surface area contributed by atoms with Gasteiger partial charge in [0.25, 0.3) is 5.91 Å². The maximum atomic E-state index is 14.3. The number of aromatic nitrogens is 3. The lowest BCUT2D eigenvalue weighted by Gasteiger charge is -2.29. The standard InChI is InChI=1S/C35H32FN5O3S/c1-3-43-30-16-10-9-15-29(30)38-33(42)31-23(2)37-34-39-35(45-22-26-13-7-8-14-28(26)36)40-41(34)32(31)25-17-19-27(20-18-25)44-21-24-11-5-4-6-12-24/h4-20,32H,3,21-22H2,1-2H3,(H,38,42)(H,37,39,40). The summed E-state index contributed by atoms with van der Waals surface area (Å²) in [6.07, 6.45) is 0. The molecule has 4 aromatic carbocycles. The minimum absolute atomic E-state index is 0.275. The largest absolute Gasteiger partial charge is 0.492 e. The Kier molecular flexibility index (Phi) is 9.11. The number of para-hydroxylation sites is 2. The van der Waals surface area contributed by atoms with Gasteiger partial charge in [0.05, 0.1) is 17.9 Å². The van der Waals surface area contributed by atoms with Gasteiger partial charge in [0.15, 0.2) is 0 Å². The fourth-order valence-corrected chi connectivity index (χ4v) is 5.90. The molecule has 0 bridgehead atoms. The molecule has 0 saturated carbocycles. The quantitative estimate of drug-likeness (QED) is 0.147. The number of thioether (sulfide) groups is 1. The minimum atomic E-state index is -0.598. The Morgan fingerprint density at radius 1 is 0.956 bits per heavy atom. The van der Waals surface area contributed by atoms with Crippen molar-refractivity contribution in [1.82, 2.24) is 14.8 Å². The normalized spacial score (nSPS) is 14.0. The lowest BCUT2D eigenvalue weighted by atomic mass is 9.95. The van der Waals surface area contributed by atoms with Crippen molar-refractivity contribution in [2.75, 3.05) is 17.2 Å². The minimum Gasteiger partial charge on any atom is -0.492 e. The molecule has 6 rings (SSSR count). The third-order valence-corrected chi connectivity index (χ3v) is 8.16. The molecule has 228 valence electrons. The van der Waals surface area contributed by atoms with E-state index in [4.69, 9.17) is 14.6 Å². The van der Waals surface area contributed by atoms with Crippen molar-refractivity contribution in [3.63, 3.8) is 0 Å². The second-order valence-electron chi connectivity index (χ2n) is 10.3. The van der Waals surface area contributed by atoms with Crippen LogP contribution in [0.15, 0.2) is 120 Å². The first-order valence-electron chi connectivity index (χ1n) is 14.6. The van der Waals surface area contributed by atoms with Crippen molar-refractivity contribution >= 4 is 29.3 Å². The number of ether oxygens (including phenoxy) is 2. The molecule has 10 heteroatoms. The molecule has 0 fully saturated rings. The van der Waals surface area contributed by atoms with Crippen LogP contribution in [0, 0.1) is 5.82 Å². The van der Waals surface area contributed by atoms with Gasteiger partial charge in [-0.2, -0.15) is 4.98 Å². The van der Waals surface area contributed by atoms with Gasteiger partial charge in [-0.05, 0) is 60.9 Å². The maximum absolute atomic E-state index is 14.3. The summed E-state index contributed by atoms with van der Waals surface area (Å²) in [4.78, 5) is 18.7. The summed E-state index contributed by atoms with van der Waals surface area (Å²) in [5.41, 5.74) is 4.14. The van der Waals surface area contributed by atoms with Gasteiger partial charge in [0.1, 0.15) is 30.0 Å². The van der Waals surface area contributed by atoms with Crippen LogP contribution in [0.5, 0.6) is 11.5 Å². The van der Waals surface area contributed by atoms with Crippen LogP contribution in [0.2, 0.25) is 0 Å². The van der Waals surface area contributed by atoms with Gasteiger partial charge in [-0.15, -0.1) is 5.10 Å². The highest BCUT2D eigenvalue weighted by molar-refractivity contribution is 7.98. The third kappa shape index (κ3) is 6.86. The highest BCUT2D eigenvalue weighted by Crippen LogP contribution is 2.38. The summed E-state index contributed by atoms with van der Waals surface area (Å²) in [7, 11) is 0. The van der Waals surface area contributed by atoms with Crippen LogP contribution in [0.1, 0.15) is 36.6 Å². The SMILES string of the molecule is CCOc1ccccc1NC(=O)C1=C(C)Nc2nc(SCc3ccccc3F)nn2C1c1ccc(OCc2ccccc2)cc1. The number of rotatable bonds is 11. The fourth-order valence-electron chi connectivity index (χ4n) is 5.08. The van der Waals surface area contributed by atoms with Crippen LogP contribution >= 0.6 is 11.8 Å². The van der Waals surface area contributed by atoms with Crippen LogP contribution in [-0.2, 0) is 17.2 Å². The number of fused-ring (bicyclic) bond motifs is 1. The number of halogens is 1. The number of benzene rings is 4. The van der Waals surface area contributed by atoms with Crippen molar-refractivity contribution in [2.24, 2.45) is 0 Å². The molecule has 2 N–H and O–H groups in total. The zero-order chi connectivity index (χ0) is 31.2. The van der Waals surface area contributed by atoms with E-state index in [0.29, 0.717) is 64.1 Å². The summed E-state index contributed by atoms with van der Waals surface area (Å²) >= 11 is 1.33. The number of anilines is 2. The van der Waals surface area contributed by atoms with E-state index in [1.54, 1.807) is 28.9 Å². The predicted molar refractivity (Wildman–Crippen MR) is 174 cm³/mol. The lowest BCUT2D eigenvalue weighted by Crippen LogP contribution is -2.31. The maximum Gasteiger partial charge on any atom is 0.255 e. The van der Waals surface area contributed by atoms with Gasteiger partial charge in [-0.1, -0.05) is 84.6 Å². The zero-order valence-electron chi connectivity index (χ0n) is 24.9. The molecule has 0 aliphatic carbocycles. The van der Waals surface area contributed by atoms with Gasteiger partial charge in [-0.3, -0.25) is 4.79 Å². The molecule has 1 amide bonds. The van der Waals surface area contributed by atoms with Crippen molar-refractivity contribution in [2.45, 2.75) is 37.4 Å². The zero-order valence-corrected chi connectivity index (χ0v) is 25.7. The summed E-state index contributed by atoms with van der Waals surface area (Å²) in [5, 5.41) is 11.6. The van der Waals surface area contributed by atoms with Crippen molar-refractivity contribution in [3.8, 4) is 11.5 Å². The predicted octanol–water partition coefficient (Wildman–Crippen LogP) is 7.61. The van der Waals surface area contributed by atoms with E-state index in [0.717, 1.165) is 11.1 Å². The summed E-state index contributed by atoms with van der Waals surface area (Å²) in [5.74, 6) is 1.56. The number of allylic oxidation sites excluding steroid dienone is 1. The molecule has 45 heavy (non-hydrogen) atoms. The number of nitrogens with zero attached hydrogens (tertiary/aromatic N) is 3. The summed E-state index contributed by atoms with van der Waals surface area (Å²) in [6.45, 7) is 4.65. The number of nitrogens with one attached hydrogen (secondary N) is 2. The number of carbonyl (C=O) groups is 1. The number of carbonyl (C=O) groups excluding carboxylic acids is 1. The van der Waals surface area contributed by atoms with Crippen LogP contribution in [0.3, 0.4) is 0 Å². The van der Waals surface area contributed by atoms with E-state index in [2.05, 4.69) is 15.6 Å². The highest BCUT2D eigenvalue weighted by atomic mass is 32.2. The Labute approximate surface area is 265 Å². The van der Waals surface area contributed by atoms with E-state index in [1.807, 2.05) is 86.6 Å². The number of amides is 1. The molecule has 2 heterocycles. The Balaban J connectivity index is 1.31. The monoisotopic (exact) mass is 621 g/mol.